The molecular formula is C19H19N3O2. The standard InChI is InChI=1S/C19H19N3O2/c20-16-10-4-9-14-17(15(19(23)24)12-22-18(14)16)21-11-5-8-13-6-2-1-3-7-13/h1-4,6-7,9-10,12H,5,8,11,20H2,(H,21,22)(H,23,24). The molecule has 0 radical (unpaired) electrons. The van der Waals surface area contributed by atoms with Crippen LogP contribution in [0.2, 0.25) is 0 Å². The Morgan fingerprint density at radius 3 is 2.67 bits per heavy atom. The monoisotopic (exact) mass is 321 g/mol. The van der Waals surface area contributed by atoms with E-state index in [2.05, 4.69) is 22.4 Å². The van der Waals surface area contributed by atoms with Crippen LogP contribution in [0.3, 0.4) is 0 Å². The summed E-state index contributed by atoms with van der Waals surface area (Å²) in [4.78, 5) is 15.7. The molecule has 0 saturated carbocycles. The van der Waals surface area contributed by atoms with E-state index in [9.17, 15) is 9.90 Å². The average Bonchev–Trinajstić information content (AvgIpc) is 2.59. The number of nitrogens with two attached hydrogens (primary N) is 1. The number of hydrogen-bond acceptors (Lipinski definition) is 4. The molecule has 1 aromatic heterocycles. The molecule has 1 heterocycles. The third kappa shape index (κ3) is 3.30. The number of carboxylic acid groups (broad SMARTS) is 1. The van der Waals surface area contributed by atoms with Crippen molar-refractivity contribution in [2.45, 2.75) is 12.8 Å². The zero-order valence-electron chi connectivity index (χ0n) is 13.2. The normalized spacial score (nSPS) is 10.7. The van der Waals surface area contributed by atoms with Gasteiger partial charge in [0.1, 0.15) is 5.56 Å². The maximum Gasteiger partial charge on any atom is 0.339 e. The van der Waals surface area contributed by atoms with Gasteiger partial charge in [0.25, 0.3) is 0 Å². The lowest BCUT2D eigenvalue weighted by Crippen LogP contribution is -2.10. The summed E-state index contributed by atoms with van der Waals surface area (Å²) in [6.07, 6.45) is 3.19. The molecule has 0 bridgehead atoms. The number of carboxylic acids is 1. The van der Waals surface area contributed by atoms with Crippen LogP contribution in [0.5, 0.6) is 0 Å². The first-order valence-electron chi connectivity index (χ1n) is 7.85. The van der Waals surface area contributed by atoms with Gasteiger partial charge in [-0.05, 0) is 24.5 Å². The number of fused-ring (bicyclic) bond motifs is 1. The second kappa shape index (κ2) is 7.00. The number of aryl methyl sites for hydroxylation is 1. The molecule has 3 aromatic rings. The first-order chi connectivity index (χ1) is 11.7. The van der Waals surface area contributed by atoms with Gasteiger partial charge in [0.05, 0.1) is 16.9 Å². The summed E-state index contributed by atoms with van der Waals surface area (Å²) >= 11 is 0. The van der Waals surface area contributed by atoms with Gasteiger partial charge in [-0.2, -0.15) is 0 Å². The second-order valence-electron chi connectivity index (χ2n) is 5.61. The van der Waals surface area contributed by atoms with Crippen LogP contribution in [0.4, 0.5) is 11.4 Å². The zero-order chi connectivity index (χ0) is 16.9. The van der Waals surface area contributed by atoms with E-state index in [-0.39, 0.29) is 5.56 Å². The summed E-state index contributed by atoms with van der Waals surface area (Å²) in [6.45, 7) is 0.670. The van der Waals surface area contributed by atoms with Gasteiger partial charge < -0.3 is 16.2 Å². The number of nitrogens with zero attached hydrogens (tertiary/aromatic N) is 1. The molecule has 0 atom stereocenters. The van der Waals surface area contributed by atoms with Gasteiger partial charge >= 0.3 is 5.97 Å². The van der Waals surface area contributed by atoms with Gasteiger partial charge in [-0.1, -0.05) is 42.5 Å². The van der Waals surface area contributed by atoms with Crippen molar-refractivity contribution < 1.29 is 9.90 Å². The Balaban J connectivity index is 1.80. The number of nitrogen functional groups attached to an aromatic ring is 1. The molecule has 5 nitrogen and oxygen atoms in total. The third-order valence-corrected chi connectivity index (χ3v) is 3.95. The molecule has 0 aliphatic heterocycles. The molecule has 0 spiro atoms. The molecule has 4 N–H and O–H groups in total. The summed E-state index contributed by atoms with van der Waals surface area (Å²) in [7, 11) is 0. The van der Waals surface area contributed by atoms with Gasteiger partial charge in [-0.3, -0.25) is 4.98 Å². The average molecular weight is 321 g/mol. The van der Waals surface area contributed by atoms with E-state index in [1.54, 1.807) is 12.1 Å². The Kier molecular flexibility index (Phi) is 4.61. The molecule has 2 aromatic carbocycles. The molecule has 0 aliphatic carbocycles. The molecule has 0 unspecified atom stereocenters. The molecule has 24 heavy (non-hydrogen) atoms. The Morgan fingerprint density at radius 2 is 1.92 bits per heavy atom. The molecule has 0 aliphatic rings. The first-order valence-corrected chi connectivity index (χ1v) is 7.85. The Labute approximate surface area is 140 Å². The topological polar surface area (TPSA) is 88.2 Å². The number of aromatic nitrogens is 1. The maximum atomic E-state index is 11.5. The molecule has 0 fully saturated rings. The highest BCUT2D eigenvalue weighted by Crippen LogP contribution is 2.29. The van der Waals surface area contributed by atoms with Crippen molar-refractivity contribution in [1.82, 2.24) is 4.98 Å². The summed E-state index contributed by atoms with van der Waals surface area (Å²) in [5, 5.41) is 13.4. The predicted octanol–water partition coefficient (Wildman–Crippen LogP) is 3.56. The van der Waals surface area contributed by atoms with Gasteiger partial charge in [-0.15, -0.1) is 0 Å². The van der Waals surface area contributed by atoms with Crippen LogP contribution >= 0.6 is 0 Å². The Morgan fingerprint density at radius 1 is 1.12 bits per heavy atom. The number of anilines is 2. The number of aromatic carboxylic acids is 1. The minimum atomic E-state index is -1.00. The number of carbonyl (C=O) groups is 1. The van der Waals surface area contributed by atoms with E-state index in [0.29, 0.717) is 23.4 Å². The lowest BCUT2D eigenvalue weighted by atomic mass is 10.1. The van der Waals surface area contributed by atoms with Crippen LogP contribution in [0.15, 0.2) is 54.7 Å². The van der Waals surface area contributed by atoms with Crippen molar-refractivity contribution in [2.24, 2.45) is 0 Å². The van der Waals surface area contributed by atoms with Crippen LogP contribution in [0, 0.1) is 0 Å². The number of para-hydroxylation sites is 1. The summed E-state index contributed by atoms with van der Waals surface area (Å²) < 4.78 is 0. The second-order valence-corrected chi connectivity index (χ2v) is 5.61. The van der Waals surface area contributed by atoms with Crippen molar-refractivity contribution in [2.75, 3.05) is 17.6 Å². The van der Waals surface area contributed by atoms with Crippen molar-refractivity contribution in [1.29, 1.82) is 0 Å². The van der Waals surface area contributed by atoms with Gasteiger partial charge in [-0.25, -0.2) is 4.79 Å². The van der Waals surface area contributed by atoms with Crippen molar-refractivity contribution in [3.63, 3.8) is 0 Å². The van der Waals surface area contributed by atoms with E-state index < -0.39 is 5.97 Å². The van der Waals surface area contributed by atoms with E-state index in [4.69, 9.17) is 5.73 Å². The third-order valence-electron chi connectivity index (χ3n) is 3.95. The number of nitrogens with one attached hydrogen (secondary N) is 1. The minimum Gasteiger partial charge on any atom is -0.478 e. The predicted molar refractivity (Wildman–Crippen MR) is 96.4 cm³/mol. The first kappa shape index (κ1) is 15.8. The van der Waals surface area contributed by atoms with Crippen LogP contribution in [-0.4, -0.2) is 22.6 Å². The van der Waals surface area contributed by atoms with E-state index in [0.717, 1.165) is 18.2 Å². The Hall–Kier alpha value is -3.08. The smallest absolute Gasteiger partial charge is 0.339 e. The van der Waals surface area contributed by atoms with E-state index >= 15 is 0 Å². The lowest BCUT2D eigenvalue weighted by Gasteiger charge is -2.13. The summed E-state index contributed by atoms with van der Waals surface area (Å²) in [5.41, 5.74) is 9.10. The Bertz CT molecular complexity index is 863. The number of pyridine rings is 1. The highest BCUT2D eigenvalue weighted by Gasteiger charge is 2.15. The SMILES string of the molecule is Nc1cccc2c(NCCCc3ccccc3)c(C(=O)O)cnc12. The summed E-state index contributed by atoms with van der Waals surface area (Å²) in [5.74, 6) is -1.00. The van der Waals surface area contributed by atoms with Gasteiger partial charge in [0, 0.05) is 18.1 Å². The molecule has 0 amide bonds. The van der Waals surface area contributed by atoms with E-state index in [1.165, 1.54) is 11.8 Å². The molecule has 0 saturated heterocycles. The van der Waals surface area contributed by atoms with Gasteiger partial charge in [0.15, 0.2) is 0 Å². The number of hydrogen-bond donors (Lipinski definition) is 3. The fraction of sp³-hybridized carbons (Fsp3) is 0.158. The molecule has 3 rings (SSSR count). The zero-order valence-corrected chi connectivity index (χ0v) is 13.2. The highest BCUT2D eigenvalue weighted by molar-refractivity contribution is 6.06. The fourth-order valence-corrected chi connectivity index (χ4v) is 2.75. The largest absolute Gasteiger partial charge is 0.478 e. The maximum absolute atomic E-state index is 11.5. The highest BCUT2D eigenvalue weighted by atomic mass is 16.4. The quantitative estimate of drug-likeness (QED) is 0.477. The van der Waals surface area contributed by atoms with Crippen LogP contribution in [-0.2, 0) is 6.42 Å². The minimum absolute atomic E-state index is 0.160. The van der Waals surface area contributed by atoms with Crippen molar-refractivity contribution in [3.8, 4) is 0 Å². The van der Waals surface area contributed by atoms with Crippen LogP contribution in [0.1, 0.15) is 22.3 Å². The fourth-order valence-electron chi connectivity index (χ4n) is 2.75. The van der Waals surface area contributed by atoms with Crippen LogP contribution < -0.4 is 11.1 Å². The van der Waals surface area contributed by atoms with E-state index in [1.807, 2.05) is 24.3 Å². The molecule has 122 valence electrons. The molecular weight excluding hydrogens is 302 g/mol. The van der Waals surface area contributed by atoms with Crippen LogP contribution in [0.25, 0.3) is 10.9 Å². The summed E-state index contributed by atoms with van der Waals surface area (Å²) in [6, 6.07) is 15.6. The van der Waals surface area contributed by atoms with Crippen molar-refractivity contribution >= 4 is 28.2 Å². The number of rotatable bonds is 6. The van der Waals surface area contributed by atoms with Gasteiger partial charge in [0.2, 0.25) is 0 Å². The number of benzene rings is 2. The molecule has 5 heteroatoms. The lowest BCUT2D eigenvalue weighted by molar-refractivity contribution is 0.0697. The van der Waals surface area contributed by atoms with Crippen molar-refractivity contribution in [3.05, 3.63) is 65.9 Å².